The normalized spacial score (nSPS) is 11.7. The van der Waals surface area contributed by atoms with Gasteiger partial charge in [0.05, 0.1) is 5.56 Å². The van der Waals surface area contributed by atoms with Crippen LogP contribution in [0.15, 0.2) is 12.1 Å². The molecule has 2 N–H and O–H groups in total. The number of unbranched alkanes of at least 4 members (excludes halogenated alkanes) is 6. The van der Waals surface area contributed by atoms with Crippen molar-refractivity contribution in [1.29, 1.82) is 0 Å². The largest absolute Gasteiger partial charge is 0.508 e. The Morgan fingerprint density at radius 2 is 1.52 bits per heavy atom. The van der Waals surface area contributed by atoms with Gasteiger partial charge in [0.15, 0.2) is 0 Å². The van der Waals surface area contributed by atoms with Gasteiger partial charge < -0.3 is 10.2 Å². The van der Waals surface area contributed by atoms with E-state index in [0.29, 0.717) is 12.8 Å². The number of ketones is 1. The van der Waals surface area contributed by atoms with Crippen LogP contribution in [0, 0.1) is 0 Å². The van der Waals surface area contributed by atoms with Crippen molar-refractivity contribution >= 4 is 5.78 Å². The Balaban J connectivity index is 2.64. The van der Waals surface area contributed by atoms with Crippen molar-refractivity contribution in [1.82, 2.24) is 0 Å². The molecule has 0 saturated heterocycles. The van der Waals surface area contributed by atoms with E-state index < -0.39 is 23.3 Å². The quantitative estimate of drug-likeness (QED) is 0.486. The molecule has 0 aliphatic rings. The summed E-state index contributed by atoms with van der Waals surface area (Å²) in [6.07, 6.45) is 2.63. The maximum atomic E-state index is 12.5. The van der Waals surface area contributed by atoms with Crippen LogP contribution in [0.5, 0.6) is 11.5 Å². The molecular weight excluding hydrogens is 309 g/mol. The predicted molar refractivity (Wildman–Crippen MR) is 81.9 cm³/mol. The molecule has 6 heteroatoms. The third-order valence-corrected chi connectivity index (χ3v) is 3.75. The average Bonchev–Trinajstić information content (AvgIpc) is 2.46. The zero-order valence-corrected chi connectivity index (χ0v) is 13.2. The molecule has 0 radical (unpaired) electrons. The molecule has 1 rings (SSSR count). The van der Waals surface area contributed by atoms with Crippen molar-refractivity contribution in [3.05, 3.63) is 23.3 Å². The van der Waals surface area contributed by atoms with Gasteiger partial charge in [-0.2, -0.15) is 13.2 Å². The SMILES string of the molecule is CCCCCCCCCc1cc(C(=O)C(F)(F)F)c(O)cc1O. The van der Waals surface area contributed by atoms with Crippen LogP contribution in [0.3, 0.4) is 0 Å². The number of carbonyl (C=O) groups is 1. The van der Waals surface area contributed by atoms with Crippen LogP contribution in [0.25, 0.3) is 0 Å². The van der Waals surface area contributed by atoms with Crippen molar-refractivity contribution in [2.75, 3.05) is 0 Å². The van der Waals surface area contributed by atoms with E-state index in [1.54, 1.807) is 0 Å². The molecule has 0 saturated carbocycles. The molecule has 3 nitrogen and oxygen atoms in total. The predicted octanol–water partition coefficient (Wildman–Crippen LogP) is 5.14. The van der Waals surface area contributed by atoms with E-state index in [4.69, 9.17) is 0 Å². The number of halogens is 3. The lowest BCUT2D eigenvalue weighted by molar-refractivity contribution is -0.0886. The Kier molecular flexibility index (Phi) is 7.39. The number of hydrogen-bond donors (Lipinski definition) is 2. The van der Waals surface area contributed by atoms with E-state index in [-0.39, 0.29) is 11.3 Å². The van der Waals surface area contributed by atoms with E-state index in [2.05, 4.69) is 6.92 Å². The number of alkyl halides is 3. The summed E-state index contributed by atoms with van der Waals surface area (Å²) in [5.74, 6) is -3.24. The number of Topliss-reactive ketones (excluding diaryl/α,β-unsaturated/α-hetero) is 1. The molecule has 0 atom stereocenters. The summed E-state index contributed by atoms with van der Waals surface area (Å²) in [6, 6.07) is 1.74. The fraction of sp³-hybridized carbons (Fsp3) is 0.588. The van der Waals surface area contributed by atoms with Gasteiger partial charge >= 0.3 is 6.18 Å². The lowest BCUT2D eigenvalue weighted by Gasteiger charge is -2.11. The van der Waals surface area contributed by atoms with Crippen LogP contribution in [-0.2, 0) is 6.42 Å². The summed E-state index contributed by atoms with van der Waals surface area (Å²) in [7, 11) is 0. The first-order valence-electron chi connectivity index (χ1n) is 7.93. The highest BCUT2D eigenvalue weighted by Gasteiger charge is 2.41. The van der Waals surface area contributed by atoms with Gasteiger partial charge in [0, 0.05) is 6.07 Å². The number of carbonyl (C=O) groups excluding carboxylic acids is 1. The smallest absolute Gasteiger partial charge is 0.455 e. The fourth-order valence-electron chi connectivity index (χ4n) is 2.43. The Hall–Kier alpha value is -1.72. The second kappa shape index (κ2) is 8.79. The van der Waals surface area contributed by atoms with E-state index in [0.717, 1.165) is 37.8 Å². The van der Waals surface area contributed by atoms with Gasteiger partial charge in [-0.15, -0.1) is 0 Å². The zero-order valence-electron chi connectivity index (χ0n) is 13.2. The summed E-state index contributed by atoms with van der Waals surface area (Å²) in [5, 5.41) is 19.2. The first kappa shape index (κ1) is 19.3. The maximum absolute atomic E-state index is 12.5. The summed E-state index contributed by atoms with van der Waals surface area (Å²) in [4.78, 5) is 11.3. The highest BCUT2D eigenvalue weighted by Crippen LogP contribution is 2.33. The van der Waals surface area contributed by atoms with Crippen LogP contribution in [0.2, 0.25) is 0 Å². The van der Waals surface area contributed by atoms with Crippen LogP contribution in [-0.4, -0.2) is 22.2 Å². The lowest BCUT2D eigenvalue weighted by atomic mass is 9.99. The molecule has 0 heterocycles. The van der Waals surface area contributed by atoms with Crippen molar-refractivity contribution in [2.24, 2.45) is 0 Å². The molecular formula is C17H23F3O3. The van der Waals surface area contributed by atoms with E-state index in [1.165, 1.54) is 12.8 Å². The Bertz CT molecular complexity index is 525. The van der Waals surface area contributed by atoms with E-state index in [9.17, 15) is 28.2 Å². The summed E-state index contributed by atoms with van der Waals surface area (Å²) >= 11 is 0. The maximum Gasteiger partial charge on any atom is 0.455 e. The van der Waals surface area contributed by atoms with Gasteiger partial charge in [0.1, 0.15) is 11.5 Å². The number of phenols is 2. The van der Waals surface area contributed by atoms with Gasteiger partial charge in [-0.1, -0.05) is 45.4 Å². The number of rotatable bonds is 9. The number of aryl methyl sites for hydroxylation is 1. The highest BCUT2D eigenvalue weighted by molar-refractivity contribution is 6.02. The molecule has 0 unspecified atom stereocenters. The van der Waals surface area contributed by atoms with Gasteiger partial charge in [0.25, 0.3) is 5.78 Å². The molecule has 0 fully saturated rings. The lowest BCUT2D eigenvalue weighted by Crippen LogP contribution is -2.23. The summed E-state index contributed by atoms with van der Waals surface area (Å²) in [5.41, 5.74) is -0.558. The molecule has 1 aromatic rings. The Morgan fingerprint density at radius 1 is 0.957 bits per heavy atom. The standard InChI is InChI=1S/C17H23F3O3/c1-2-3-4-5-6-7-8-9-12-10-13(15(22)11-14(12)21)16(23)17(18,19)20/h10-11,21-22H,2-9H2,1H3. The van der Waals surface area contributed by atoms with Crippen molar-refractivity contribution in [3.63, 3.8) is 0 Å². The van der Waals surface area contributed by atoms with Crippen LogP contribution < -0.4 is 0 Å². The third-order valence-electron chi connectivity index (χ3n) is 3.75. The van der Waals surface area contributed by atoms with Crippen molar-refractivity contribution in [3.8, 4) is 11.5 Å². The van der Waals surface area contributed by atoms with Crippen molar-refractivity contribution in [2.45, 2.75) is 64.5 Å². The first-order chi connectivity index (χ1) is 10.8. The minimum absolute atomic E-state index is 0.254. The van der Waals surface area contributed by atoms with E-state index >= 15 is 0 Å². The molecule has 0 aromatic heterocycles. The highest BCUT2D eigenvalue weighted by atomic mass is 19.4. The first-order valence-corrected chi connectivity index (χ1v) is 7.93. The molecule has 0 aliphatic heterocycles. The number of phenolic OH excluding ortho intramolecular Hbond substituents is 2. The van der Waals surface area contributed by atoms with Gasteiger partial charge in [0.2, 0.25) is 0 Å². The number of hydrogen-bond acceptors (Lipinski definition) is 3. The van der Waals surface area contributed by atoms with Crippen LogP contribution >= 0.6 is 0 Å². The van der Waals surface area contributed by atoms with Gasteiger partial charge in [-0.05, 0) is 24.5 Å². The summed E-state index contributed by atoms with van der Waals surface area (Å²) < 4.78 is 37.4. The number of aromatic hydroxyl groups is 2. The van der Waals surface area contributed by atoms with E-state index in [1.807, 2.05) is 0 Å². The second-order valence-corrected chi connectivity index (χ2v) is 5.70. The Labute approximate surface area is 134 Å². The Morgan fingerprint density at radius 3 is 2.09 bits per heavy atom. The monoisotopic (exact) mass is 332 g/mol. The number of benzene rings is 1. The minimum Gasteiger partial charge on any atom is -0.508 e. The third kappa shape index (κ3) is 6.12. The fourth-order valence-corrected chi connectivity index (χ4v) is 2.43. The van der Waals surface area contributed by atoms with Crippen LogP contribution in [0.1, 0.15) is 67.8 Å². The van der Waals surface area contributed by atoms with Gasteiger partial charge in [-0.25, -0.2) is 0 Å². The zero-order chi connectivity index (χ0) is 17.5. The van der Waals surface area contributed by atoms with Crippen molar-refractivity contribution < 1.29 is 28.2 Å². The second-order valence-electron chi connectivity index (χ2n) is 5.70. The van der Waals surface area contributed by atoms with Crippen LogP contribution in [0.4, 0.5) is 13.2 Å². The molecule has 0 amide bonds. The molecule has 0 bridgehead atoms. The molecule has 0 aliphatic carbocycles. The summed E-state index contributed by atoms with van der Waals surface area (Å²) in [6.45, 7) is 2.13. The molecule has 1 aromatic carbocycles. The topological polar surface area (TPSA) is 57.5 Å². The average molecular weight is 332 g/mol. The van der Waals surface area contributed by atoms with Gasteiger partial charge in [-0.3, -0.25) is 4.79 Å². The molecule has 130 valence electrons. The molecule has 0 spiro atoms. The molecule has 23 heavy (non-hydrogen) atoms. The minimum atomic E-state index is -5.05.